The Kier molecular flexibility index (Phi) is 6.53. The summed E-state index contributed by atoms with van der Waals surface area (Å²) in [4.78, 5) is 26.8. The normalized spacial score (nSPS) is 18.0. The second-order valence-corrected chi connectivity index (χ2v) is 8.59. The van der Waals surface area contributed by atoms with Crippen LogP contribution in [-0.4, -0.2) is 42.4 Å². The summed E-state index contributed by atoms with van der Waals surface area (Å²) in [5.74, 6) is 1.34. The molecule has 1 aliphatic carbocycles. The molecule has 2 amide bonds. The standard InChI is InChI=1S/C22H33N3O2/c1-15(2)12-21(26)24-20-7-6-18(13-16(20)3)22(27)25-10-8-19(9-11-25)23-14-17-4-5-17/h6-7,13,15,17,19,23H,4-5,8-12,14H2,1-3H3,(H,24,26). The molecule has 1 saturated carbocycles. The number of nitrogens with one attached hydrogen (secondary N) is 2. The fourth-order valence-electron chi connectivity index (χ4n) is 3.63. The van der Waals surface area contributed by atoms with Gasteiger partial charge in [0.1, 0.15) is 0 Å². The first-order chi connectivity index (χ1) is 12.9. The molecule has 2 N–H and O–H groups in total. The minimum Gasteiger partial charge on any atom is -0.339 e. The zero-order valence-corrected chi connectivity index (χ0v) is 16.9. The molecule has 0 unspecified atom stereocenters. The van der Waals surface area contributed by atoms with Gasteiger partial charge in [-0.3, -0.25) is 9.59 Å². The Morgan fingerprint density at radius 3 is 2.44 bits per heavy atom. The fourth-order valence-corrected chi connectivity index (χ4v) is 3.63. The van der Waals surface area contributed by atoms with Crippen LogP contribution < -0.4 is 10.6 Å². The highest BCUT2D eigenvalue weighted by molar-refractivity contribution is 5.96. The van der Waals surface area contributed by atoms with Crippen LogP contribution in [0.5, 0.6) is 0 Å². The molecule has 2 fully saturated rings. The van der Waals surface area contributed by atoms with Crippen molar-refractivity contribution >= 4 is 17.5 Å². The van der Waals surface area contributed by atoms with Crippen molar-refractivity contribution in [3.8, 4) is 0 Å². The van der Waals surface area contributed by atoms with Crippen molar-refractivity contribution in [1.82, 2.24) is 10.2 Å². The number of carbonyl (C=O) groups excluding carboxylic acids is 2. The quantitative estimate of drug-likeness (QED) is 0.770. The van der Waals surface area contributed by atoms with Gasteiger partial charge in [-0.15, -0.1) is 0 Å². The molecule has 1 aromatic rings. The van der Waals surface area contributed by atoms with Gasteiger partial charge in [0.15, 0.2) is 0 Å². The summed E-state index contributed by atoms with van der Waals surface area (Å²) in [6.45, 7) is 8.76. The van der Waals surface area contributed by atoms with Crippen molar-refractivity contribution in [2.24, 2.45) is 11.8 Å². The first-order valence-corrected chi connectivity index (χ1v) is 10.4. The molecule has 0 atom stereocenters. The monoisotopic (exact) mass is 371 g/mol. The molecule has 0 spiro atoms. The molecule has 3 rings (SSSR count). The fraction of sp³-hybridized carbons (Fsp3) is 0.636. The van der Waals surface area contributed by atoms with Gasteiger partial charge in [0.25, 0.3) is 5.91 Å². The summed E-state index contributed by atoms with van der Waals surface area (Å²) in [6.07, 6.45) is 5.31. The van der Waals surface area contributed by atoms with Gasteiger partial charge in [0.05, 0.1) is 0 Å². The summed E-state index contributed by atoms with van der Waals surface area (Å²) < 4.78 is 0. The average molecular weight is 372 g/mol. The zero-order chi connectivity index (χ0) is 19.4. The van der Waals surface area contributed by atoms with Gasteiger partial charge >= 0.3 is 0 Å². The average Bonchev–Trinajstić information content (AvgIpc) is 3.45. The lowest BCUT2D eigenvalue weighted by Crippen LogP contribution is -2.45. The number of hydrogen-bond acceptors (Lipinski definition) is 3. The van der Waals surface area contributed by atoms with Gasteiger partial charge in [-0.1, -0.05) is 13.8 Å². The molecule has 1 aromatic carbocycles. The van der Waals surface area contributed by atoms with Gasteiger partial charge in [0.2, 0.25) is 5.91 Å². The molecule has 5 heteroatoms. The van der Waals surface area contributed by atoms with Crippen molar-refractivity contribution in [3.05, 3.63) is 29.3 Å². The Hall–Kier alpha value is -1.88. The summed E-state index contributed by atoms with van der Waals surface area (Å²) >= 11 is 0. The van der Waals surface area contributed by atoms with Gasteiger partial charge in [0, 0.05) is 36.8 Å². The second-order valence-electron chi connectivity index (χ2n) is 8.59. The molecule has 0 bridgehead atoms. The van der Waals surface area contributed by atoms with Gasteiger partial charge in [-0.2, -0.15) is 0 Å². The van der Waals surface area contributed by atoms with Crippen LogP contribution in [0.15, 0.2) is 18.2 Å². The van der Waals surface area contributed by atoms with Crippen LogP contribution in [0.3, 0.4) is 0 Å². The van der Waals surface area contributed by atoms with Crippen LogP contribution >= 0.6 is 0 Å². The smallest absolute Gasteiger partial charge is 0.253 e. The van der Waals surface area contributed by atoms with E-state index < -0.39 is 0 Å². The second kappa shape index (κ2) is 8.87. The molecular weight excluding hydrogens is 338 g/mol. The Balaban J connectivity index is 1.52. The highest BCUT2D eigenvalue weighted by Crippen LogP contribution is 2.28. The molecular formula is C22H33N3O2. The molecule has 1 heterocycles. The zero-order valence-electron chi connectivity index (χ0n) is 16.9. The number of carbonyl (C=O) groups is 2. The maximum absolute atomic E-state index is 12.8. The highest BCUT2D eigenvalue weighted by atomic mass is 16.2. The minimum atomic E-state index is 0.0212. The molecule has 148 valence electrons. The molecule has 0 radical (unpaired) electrons. The van der Waals surface area contributed by atoms with Crippen LogP contribution in [0.25, 0.3) is 0 Å². The SMILES string of the molecule is Cc1cc(C(=O)N2CCC(NCC3CC3)CC2)ccc1NC(=O)CC(C)C. The number of piperidine rings is 1. The van der Waals surface area contributed by atoms with E-state index in [1.54, 1.807) is 0 Å². The number of benzene rings is 1. The van der Waals surface area contributed by atoms with Gasteiger partial charge < -0.3 is 15.5 Å². The third-order valence-electron chi connectivity index (χ3n) is 5.52. The Labute approximate surface area is 162 Å². The molecule has 27 heavy (non-hydrogen) atoms. The summed E-state index contributed by atoms with van der Waals surface area (Å²) in [5.41, 5.74) is 2.43. The van der Waals surface area contributed by atoms with E-state index in [0.29, 0.717) is 23.9 Å². The Bertz CT molecular complexity index is 674. The van der Waals surface area contributed by atoms with Crippen LogP contribution in [0.4, 0.5) is 5.69 Å². The van der Waals surface area contributed by atoms with Crippen molar-refractivity contribution in [1.29, 1.82) is 0 Å². The van der Waals surface area contributed by atoms with E-state index in [-0.39, 0.29) is 11.8 Å². The van der Waals surface area contributed by atoms with E-state index in [1.165, 1.54) is 12.8 Å². The summed E-state index contributed by atoms with van der Waals surface area (Å²) in [5, 5.41) is 6.60. The molecule has 0 aromatic heterocycles. The minimum absolute atomic E-state index is 0.0212. The lowest BCUT2D eigenvalue weighted by molar-refractivity contribution is -0.116. The predicted molar refractivity (Wildman–Crippen MR) is 109 cm³/mol. The number of hydrogen-bond donors (Lipinski definition) is 2. The molecule has 1 aliphatic heterocycles. The van der Waals surface area contributed by atoms with E-state index >= 15 is 0 Å². The Morgan fingerprint density at radius 2 is 1.85 bits per heavy atom. The topological polar surface area (TPSA) is 61.4 Å². The van der Waals surface area contributed by atoms with E-state index in [1.807, 2.05) is 43.9 Å². The maximum atomic E-state index is 12.8. The lowest BCUT2D eigenvalue weighted by atomic mass is 10.0. The van der Waals surface area contributed by atoms with Gasteiger partial charge in [-0.25, -0.2) is 0 Å². The van der Waals surface area contributed by atoms with E-state index in [2.05, 4.69) is 10.6 Å². The van der Waals surface area contributed by atoms with Crippen molar-refractivity contribution in [2.75, 3.05) is 25.0 Å². The van der Waals surface area contributed by atoms with Crippen molar-refractivity contribution in [3.63, 3.8) is 0 Å². The number of anilines is 1. The van der Waals surface area contributed by atoms with E-state index in [9.17, 15) is 9.59 Å². The number of nitrogens with zero attached hydrogens (tertiary/aromatic N) is 1. The van der Waals surface area contributed by atoms with E-state index in [0.717, 1.165) is 49.6 Å². The third kappa shape index (κ3) is 5.80. The maximum Gasteiger partial charge on any atom is 0.253 e. The van der Waals surface area contributed by atoms with Crippen LogP contribution in [0.1, 0.15) is 61.9 Å². The van der Waals surface area contributed by atoms with Gasteiger partial charge in [-0.05, 0) is 74.8 Å². The van der Waals surface area contributed by atoms with Crippen LogP contribution in [-0.2, 0) is 4.79 Å². The molecule has 5 nitrogen and oxygen atoms in total. The predicted octanol–water partition coefficient (Wildman–Crippen LogP) is 3.58. The molecule has 1 saturated heterocycles. The summed E-state index contributed by atoms with van der Waals surface area (Å²) in [6, 6.07) is 6.13. The van der Waals surface area contributed by atoms with Crippen molar-refractivity contribution < 1.29 is 9.59 Å². The summed E-state index contributed by atoms with van der Waals surface area (Å²) in [7, 11) is 0. The van der Waals surface area contributed by atoms with Crippen molar-refractivity contribution in [2.45, 2.75) is 58.9 Å². The largest absolute Gasteiger partial charge is 0.339 e. The van der Waals surface area contributed by atoms with E-state index in [4.69, 9.17) is 0 Å². The number of aryl methyl sites for hydroxylation is 1. The first-order valence-electron chi connectivity index (χ1n) is 10.4. The third-order valence-corrected chi connectivity index (χ3v) is 5.52. The number of likely N-dealkylation sites (tertiary alicyclic amines) is 1. The van der Waals surface area contributed by atoms with Crippen LogP contribution in [0, 0.1) is 18.8 Å². The first kappa shape index (κ1) is 19.9. The van der Waals surface area contributed by atoms with Crippen LogP contribution in [0.2, 0.25) is 0 Å². The lowest BCUT2D eigenvalue weighted by Gasteiger charge is -2.32. The number of amides is 2. The molecule has 2 aliphatic rings. The number of rotatable bonds is 7. The Morgan fingerprint density at radius 1 is 1.15 bits per heavy atom. The highest BCUT2D eigenvalue weighted by Gasteiger charge is 2.26.